The molecule has 7 nitrogen and oxygen atoms in total. The summed E-state index contributed by atoms with van der Waals surface area (Å²) in [4.78, 5) is 41.8. The van der Waals surface area contributed by atoms with Crippen LogP contribution in [0.1, 0.15) is 43.2 Å². The van der Waals surface area contributed by atoms with Crippen molar-refractivity contribution in [3.63, 3.8) is 0 Å². The molecule has 1 saturated heterocycles. The van der Waals surface area contributed by atoms with Gasteiger partial charge in [-0.15, -0.1) is 0 Å². The fraction of sp³-hybridized carbons (Fsp3) is 0.440. The van der Waals surface area contributed by atoms with Gasteiger partial charge in [0, 0.05) is 44.6 Å². The number of hydrogen-bond donors (Lipinski definition) is 0. The minimum Gasteiger partial charge on any atom is -0.363 e. The molecule has 0 N–H and O–H groups in total. The molecule has 2 amide bonds. The zero-order chi connectivity index (χ0) is 22.1. The number of carbonyl (C=O) groups is 2. The van der Waals surface area contributed by atoms with Crippen LogP contribution in [0.15, 0.2) is 48.4 Å². The molecule has 7 heteroatoms. The van der Waals surface area contributed by atoms with Gasteiger partial charge in [-0.2, -0.15) is 0 Å². The molecule has 166 valence electrons. The number of imide groups is 1. The summed E-state index contributed by atoms with van der Waals surface area (Å²) in [5, 5.41) is 0. The lowest BCUT2D eigenvalue weighted by atomic mass is 9.94. The van der Waals surface area contributed by atoms with Gasteiger partial charge >= 0.3 is 0 Å². The first-order valence-electron chi connectivity index (χ1n) is 11.6. The van der Waals surface area contributed by atoms with Gasteiger partial charge in [0.2, 0.25) is 5.95 Å². The molecule has 1 aliphatic carbocycles. The third-order valence-corrected chi connectivity index (χ3v) is 6.80. The number of rotatable bonds is 4. The molecule has 0 spiro atoms. The second kappa shape index (κ2) is 8.73. The Bertz CT molecular complexity index is 1020. The minimum absolute atomic E-state index is 0.0145. The van der Waals surface area contributed by atoms with Crippen LogP contribution in [-0.4, -0.2) is 63.8 Å². The zero-order valence-electron chi connectivity index (χ0n) is 18.5. The lowest BCUT2D eigenvalue weighted by molar-refractivity contribution is -0.141. The van der Waals surface area contributed by atoms with Crippen molar-refractivity contribution in [1.29, 1.82) is 0 Å². The molecule has 0 atom stereocenters. The van der Waals surface area contributed by atoms with Crippen LogP contribution in [0.25, 0.3) is 5.57 Å². The summed E-state index contributed by atoms with van der Waals surface area (Å²) in [6.07, 6.45) is 8.64. The highest BCUT2D eigenvalue weighted by Crippen LogP contribution is 2.36. The quantitative estimate of drug-likeness (QED) is 0.693. The fourth-order valence-corrected chi connectivity index (χ4v) is 5.06. The Kier molecular flexibility index (Phi) is 5.64. The van der Waals surface area contributed by atoms with E-state index in [0.29, 0.717) is 43.4 Å². The van der Waals surface area contributed by atoms with Crippen molar-refractivity contribution in [3.05, 3.63) is 59.5 Å². The fourth-order valence-electron chi connectivity index (χ4n) is 5.06. The second-order valence-electron chi connectivity index (χ2n) is 8.88. The van der Waals surface area contributed by atoms with Crippen LogP contribution in [0.4, 0.5) is 5.95 Å². The van der Waals surface area contributed by atoms with Crippen LogP contribution in [0.3, 0.4) is 0 Å². The molecular weight excluding hydrogens is 402 g/mol. The highest BCUT2D eigenvalue weighted by atomic mass is 16.2. The van der Waals surface area contributed by atoms with E-state index in [4.69, 9.17) is 0 Å². The Labute approximate surface area is 188 Å². The first-order chi connectivity index (χ1) is 15.6. The smallest absolute Gasteiger partial charge is 0.278 e. The van der Waals surface area contributed by atoms with E-state index in [0.717, 1.165) is 36.8 Å². The van der Waals surface area contributed by atoms with Gasteiger partial charge in [-0.05, 0) is 31.4 Å². The number of piperazine rings is 1. The molecule has 1 aromatic heterocycles. The van der Waals surface area contributed by atoms with Crippen LogP contribution in [0.5, 0.6) is 0 Å². The monoisotopic (exact) mass is 431 g/mol. The molecule has 5 rings (SSSR count). The largest absolute Gasteiger partial charge is 0.363 e. The number of amides is 2. The predicted octanol–water partition coefficient (Wildman–Crippen LogP) is 3.02. The van der Waals surface area contributed by atoms with Crippen molar-refractivity contribution in [2.24, 2.45) is 0 Å². The van der Waals surface area contributed by atoms with Crippen molar-refractivity contribution in [3.8, 4) is 0 Å². The van der Waals surface area contributed by atoms with E-state index in [1.165, 1.54) is 6.42 Å². The Balaban J connectivity index is 1.45. The molecule has 2 aromatic rings. The van der Waals surface area contributed by atoms with Crippen LogP contribution in [0.2, 0.25) is 0 Å². The molecule has 0 unspecified atom stereocenters. The highest BCUT2D eigenvalue weighted by Gasteiger charge is 2.45. The van der Waals surface area contributed by atoms with E-state index >= 15 is 0 Å². The molecule has 3 heterocycles. The summed E-state index contributed by atoms with van der Waals surface area (Å²) in [5.74, 6) is 0.453. The van der Waals surface area contributed by atoms with E-state index in [-0.39, 0.29) is 17.9 Å². The first-order valence-corrected chi connectivity index (χ1v) is 11.6. The van der Waals surface area contributed by atoms with E-state index < -0.39 is 0 Å². The molecular formula is C25H29N5O2. The molecule has 0 bridgehead atoms. The summed E-state index contributed by atoms with van der Waals surface area (Å²) in [7, 11) is 0. The van der Waals surface area contributed by atoms with Crippen LogP contribution < -0.4 is 4.90 Å². The maximum absolute atomic E-state index is 13.7. The number of nitrogens with zero attached hydrogens (tertiary/aromatic N) is 5. The van der Waals surface area contributed by atoms with Gasteiger partial charge in [-0.25, -0.2) is 9.97 Å². The molecule has 0 radical (unpaired) electrons. The average molecular weight is 432 g/mol. The normalized spacial score (nSPS) is 20.5. The number of carbonyl (C=O) groups excluding carboxylic acids is 2. The SMILES string of the molecule is Cc1ccc(C2=C(N3CCN(c4ncccn4)CC3)C(=O)N(C3CCCCC3)C2=O)cc1. The van der Waals surface area contributed by atoms with Gasteiger partial charge in [0.15, 0.2) is 0 Å². The van der Waals surface area contributed by atoms with Crippen molar-refractivity contribution >= 4 is 23.3 Å². The number of hydrogen-bond acceptors (Lipinski definition) is 6. The van der Waals surface area contributed by atoms with E-state index in [9.17, 15) is 9.59 Å². The molecule has 1 aromatic carbocycles. The Morgan fingerprint density at radius 2 is 1.44 bits per heavy atom. The van der Waals surface area contributed by atoms with Crippen molar-refractivity contribution in [1.82, 2.24) is 19.8 Å². The number of benzene rings is 1. The van der Waals surface area contributed by atoms with Crippen molar-refractivity contribution in [2.75, 3.05) is 31.1 Å². The summed E-state index contributed by atoms with van der Waals surface area (Å²) in [6, 6.07) is 9.77. The summed E-state index contributed by atoms with van der Waals surface area (Å²) >= 11 is 0. The summed E-state index contributed by atoms with van der Waals surface area (Å²) < 4.78 is 0. The molecule has 32 heavy (non-hydrogen) atoms. The van der Waals surface area contributed by atoms with Gasteiger partial charge in [0.05, 0.1) is 5.57 Å². The van der Waals surface area contributed by atoms with Crippen LogP contribution >= 0.6 is 0 Å². The summed E-state index contributed by atoms with van der Waals surface area (Å²) in [5.41, 5.74) is 3.09. The van der Waals surface area contributed by atoms with Gasteiger partial charge in [-0.3, -0.25) is 14.5 Å². The average Bonchev–Trinajstić information content (AvgIpc) is 3.10. The first kappa shape index (κ1) is 20.7. The topological polar surface area (TPSA) is 69.6 Å². The second-order valence-corrected chi connectivity index (χ2v) is 8.88. The molecule has 3 aliphatic rings. The maximum atomic E-state index is 13.7. The van der Waals surface area contributed by atoms with Gasteiger partial charge < -0.3 is 9.80 Å². The van der Waals surface area contributed by atoms with E-state index in [1.807, 2.05) is 31.2 Å². The minimum atomic E-state index is -0.130. The Hall–Kier alpha value is -3.22. The van der Waals surface area contributed by atoms with Crippen LogP contribution in [-0.2, 0) is 9.59 Å². The van der Waals surface area contributed by atoms with Gasteiger partial charge in [0.25, 0.3) is 11.8 Å². The summed E-state index contributed by atoms with van der Waals surface area (Å²) in [6.45, 7) is 4.75. The highest BCUT2D eigenvalue weighted by molar-refractivity contribution is 6.35. The van der Waals surface area contributed by atoms with Crippen molar-refractivity contribution < 1.29 is 9.59 Å². The van der Waals surface area contributed by atoms with E-state index in [1.54, 1.807) is 23.4 Å². The molecule has 1 saturated carbocycles. The number of aromatic nitrogens is 2. The standard InChI is InChI=1S/C25H29N5O2/c1-18-8-10-19(11-9-18)21-22(24(32)30(23(21)31)20-6-3-2-4-7-20)28-14-16-29(17-15-28)25-26-12-5-13-27-25/h5,8-13,20H,2-4,6-7,14-17H2,1H3. The predicted molar refractivity (Wildman–Crippen MR) is 123 cm³/mol. The van der Waals surface area contributed by atoms with Crippen molar-refractivity contribution in [2.45, 2.75) is 45.1 Å². The molecule has 2 aliphatic heterocycles. The lowest BCUT2D eigenvalue weighted by Crippen LogP contribution is -2.49. The lowest BCUT2D eigenvalue weighted by Gasteiger charge is -2.37. The Morgan fingerprint density at radius 1 is 0.812 bits per heavy atom. The molecule has 2 fully saturated rings. The maximum Gasteiger partial charge on any atom is 0.278 e. The third kappa shape index (κ3) is 3.76. The third-order valence-electron chi connectivity index (χ3n) is 6.80. The van der Waals surface area contributed by atoms with Crippen LogP contribution in [0, 0.1) is 6.92 Å². The number of anilines is 1. The number of aryl methyl sites for hydroxylation is 1. The van der Waals surface area contributed by atoms with E-state index in [2.05, 4.69) is 19.8 Å². The van der Waals surface area contributed by atoms with Gasteiger partial charge in [-0.1, -0.05) is 49.1 Å². The Morgan fingerprint density at radius 3 is 2.09 bits per heavy atom. The zero-order valence-corrected chi connectivity index (χ0v) is 18.5. The van der Waals surface area contributed by atoms with Gasteiger partial charge in [0.1, 0.15) is 5.70 Å².